The van der Waals surface area contributed by atoms with E-state index in [1.165, 1.54) is 12.1 Å². The highest BCUT2D eigenvalue weighted by Crippen LogP contribution is 2.22. The van der Waals surface area contributed by atoms with Gasteiger partial charge in [0.05, 0.1) is 0 Å². The summed E-state index contributed by atoms with van der Waals surface area (Å²) in [5.74, 6) is -0.233. The van der Waals surface area contributed by atoms with E-state index in [2.05, 4.69) is 0 Å². The number of hydrogen-bond acceptors (Lipinski definition) is 2. The van der Waals surface area contributed by atoms with Crippen molar-refractivity contribution in [3.63, 3.8) is 0 Å². The first-order valence-corrected chi connectivity index (χ1v) is 5.52. The zero-order valence-electron chi connectivity index (χ0n) is 9.44. The molecule has 1 atom stereocenters. The zero-order chi connectivity index (χ0) is 12.3. The number of nitrogens with two attached hydrogens (primary N) is 2. The van der Waals surface area contributed by atoms with Gasteiger partial charge < -0.3 is 11.5 Å². The maximum atomic E-state index is 12.8. The van der Waals surface area contributed by atoms with Crippen LogP contribution in [0.1, 0.15) is 11.6 Å². The van der Waals surface area contributed by atoms with Gasteiger partial charge in [-0.25, -0.2) is 4.39 Å². The molecule has 0 radical (unpaired) electrons. The molecule has 2 rings (SSSR count). The van der Waals surface area contributed by atoms with Crippen molar-refractivity contribution in [1.82, 2.24) is 0 Å². The van der Waals surface area contributed by atoms with Gasteiger partial charge in [0.1, 0.15) is 5.82 Å². The molecule has 0 spiro atoms. The second kappa shape index (κ2) is 5.08. The molecular formula is C14H15FN2. The minimum Gasteiger partial charge on any atom is -0.329 e. The summed E-state index contributed by atoms with van der Waals surface area (Å²) in [7, 11) is 0. The van der Waals surface area contributed by atoms with Crippen LogP contribution in [0.2, 0.25) is 0 Å². The summed E-state index contributed by atoms with van der Waals surface area (Å²) < 4.78 is 12.8. The smallest absolute Gasteiger partial charge is 0.123 e. The zero-order valence-corrected chi connectivity index (χ0v) is 9.44. The number of halogens is 1. The highest BCUT2D eigenvalue weighted by Gasteiger charge is 2.05. The van der Waals surface area contributed by atoms with E-state index in [0.717, 1.165) is 16.7 Å². The van der Waals surface area contributed by atoms with Crippen LogP contribution in [-0.4, -0.2) is 6.54 Å². The Morgan fingerprint density at radius 1 is 1.00 bits per heavy atom. The number of rotatable bonds is 3. The Bertz CT molecular complexity index is 494. The van der Waals surface area contributed by atoms with Gasteiger partial charge in [0.15, 0.2) is 0 Å². The van der Waals surface area contributed by atoms with Crippen molar-refractivity contribution in [3.05, 3.63) is 59.9 Å². The summed E-state index contributed by atoms with van der Waals surface area (Å²) in [5.41, 5.74) is 14.4. The van der Waals surface area contributed by atoms with Crippen LogP contribution < -0.4 is 11.5 Å². The van der Waals surface area contributed by atoms with Crippen molar-refractivity contribution in [1.29, 1.82) is 0 Å². The fourth-order valence-electron chi connectivity index (χ4n) is 1.73. The predicted octanol–water partition coefficient (Wildman–Crippen LogP) is 2.45. The standard InChI is InChI=1S/C14H15FN2/c15-13-6-4-10(5-7-13)11-2-1-3-12(8-11)14(17)9-16/h1-8,14H,9,16-17H2. The lowest BCUT2D eigenvalue weighted by Crippen LogP contribution is -2.20. The van der Waals surface area contributed by atoms with E-state index >= 15 is 0 Å². The highest BCUT2D eigenvalue weighted by molar-refractivity contribution is 5.64. The molecule has 2 aromatic carbocycles. The van der Waals surface area contributed by atoms with Crippen LogP contribution in [0.3, 0.4) is 0 Å². The van der Waals surface area contributed by atoms with Crippen molar-refractivity contribution in [2.45, 2.75) is 6.04 Å². The third-order valence-electron chi connectivity index (χ3n) is 2.75. The van der Waals surface area contributed by atoms with E-state index in [-0.39, 0.29) is 11.9 Å². The topological polar surface area (TPSA) is 52.0 Å². The molecule has 1 unspecified atom stereocenters. The fourth-order valence-corrected chi connectivity index (χ4v) is 1.73. The largest absolute Gasteiger partial charge is 0.329 e. The lowest BCUT2D eigenvalue weighted by molar-refractivity contribution is 0.628. The molecule has 0 aliphatic carbocycles. The molecule has 0 amide bonds. The molecule has 0 fully saturated rings. The molecule has 17 heavy (non-hydrogen) atoms. The molecule has 3 heteroatoms. The van der Waals surface area contributed by atoms with Gasteiger partial charge in [-0.05, 0) is 34.9 Å². The van der Waals surface area contributed by atoms with Crippen molar-refractivity contribution in [2.24, 2.45) is 11.5 Å². The van der Waals surface area contributed by atoms with Crippen LogP contribution >= 0.6 is 0 Å². The summed E-state index contributed by atoms with van der Waals surface area (Å²) in [6.45, 7) is 0.410. The van der Waals surface area contributed by atoms with Gasteiger partial charge in [-0.3, -0.25) is 0 Å². The first-order chi connectivity index (χ1) is 8.20. The summed E-state index contributed by atoms with van der Waals surface area (Å²) in [6, 6.07) is 14.1. The maximum absolute atomic E-state index is 12.8. The minimum absolute atomic E-state index is 0.157. The normalized spacial score (nSPS) is 12.4. The summed E-state index contributed by atoms with van der Waals surface area (Å²) in [6.07, 6.45) is 0. The molecule has 0 bridgehead atoms. The third kappa shape index (κ3) is 2.70. The van der Waals surface area contributed by atoms with Crippen molar-refractivity contribution >= 4 is 0 Å². The molecule has 0 aromatic heterocycles. The Balaban J connectivity index is 2.36. The molecular weight excluding hydrogens is 215 g/mol. The molecule has 2 nitrogen and oxygen atoms in total. The average molecular weight is 230 g/mol. The summed E-state index contributed by atoms with van der Waals surface area (Å²) in [4.78, 5) is 0. The summed E-state index contributed by atoms with van der Waals surface area (Å²) in [5, 5.41) is 0. The third-order valence-corrected chi connectivity index (χ3v) is 2.75. The average Bonchev–Trinajstić information content (AvgIpc) is 2.39. The monoisotopic (exact) mass is 230 g/mol. The second-order valence-corrected chi connectivity index (χ2v) is 3.97. The van der Waals surface area contributed by atoms with Crippen LogP contribution in [0.4, 0.5) is 4.39 Å². The van der Waals surface area contributed by atoms with E-state index < -0.39 is 0 Å². The Morgan fingerprint density at radius 3 is 2.35 bits per heavy atom. The predicted molar refractivity (Wildman–Crippen MR) is 67.8 cm³/mol. The Kier molecular flexibility index (Phi) is 3.52. The lowest BCUT2D eigenvalue weighted by atomic mass is 10.00. The molecule has 88 valence electrons. The van der Waals surface area contributed by atoms with Crippen molar-refractivity contribution in [3.8, 4) is 11.1 Å². The highest BCUT2D eigenvalue weighted by atomic mass is 19.1. The van der Waals surface area contributed by atoms with E-state index in [1.54, 1.807) is 12.1 Å². The van der Waals surface area contributed by atoms with Gasteiger partial charge in [-0.1, -0.05) is 30.3 Å². The first kappa shape index (κ1) is 11.8. The van der Waals surface area contributed by atoms with E-state index in [9.17, 15) is 4.39 Å². The number of hydrogen-bond donors (Lipinski definition) is 2. The van der Waals surface area contributed by atoms with E-state index in [0.29, 0.717) is 6.54 Å². The summed E-state index contributed by atoms with van der Waals surface area (Å²) >= 11 is 0. The van der Waals surface area contributed by atoms with E-state index in [1.807, 2.05) is 24.3 Å². The number of benzene rings is 2. The van der Waals surface area contributed by atoms with E-state index in [4.69, 9.17) is 11.5 Å². The molecule has 0 saturated heterocycles. The minimum atomic E-state index is -0.233. The van der Waals surface area contributed by atoms with Gasteiger partial charge in [0.2, 0.25) is 0 Å². The molecule has 0 aliphatic heterocycles. The first-order valence-electron chi connectivity index (χ1n) is 5.52. The van der Waals surface area contributed by atoms with Gasteiger partial charge in [0.25, 0.3) is 0 Å². The van der Waals surface area contributed by atoms with Gasteiger partial charge >= 0.3 is 0 Å². The van der Waals surface area contributed by atoms with Crippen LogP contribution in [-0.2, 0) is 0 Å². The van der Waals surface area contributed by atoms with Crippen molar-refractivity contribution in [2.75, 3.05) is 6.54 Å². The molecule has 0 saturated carbocycles. The van der Waals surface area contributed by atoms with Gasteiger partial charge in [-0.2, -0.15) is 0 Å². The molecule has 0 heterocycles. The van der Waals surface area contributed by atoms with Crippen LogP contribution in [0.25, 0.3) is 11.1 Å². The van der Waals surface area contributed by atoms with Crippen LogP contribution in [0, 0.1) is 5.82 Å². The van der Waals surface area contributed by atoms with Gasteiger partial charge in [-0.15, -0.1) is 0 Å². The Morgan fingerprint density at radius 2 is 1.71 bits per heavy atom. The van der Waals surface area contributed by atoms with Crippen LogP contribution in [0.5, 0.6) is 0 Å². The van der Waals surface area contributed by atoms with Gasteiger partial charge in [0, 0.05) is 12.6 Å². The van der Waals surface area contributed by atoms with Crippen LogP contribution in [0.15, 0.2) is 48.5 Å². The SMILES string of the molecule is NCC(N)c1cccc(-c2ccc(F)cc2)c1. The van der Waals surface area contributed by atoms with Crippen molar-refractivity contribution < 1.29 is 4.39 Å². The quantitative estimate of drug-likeness (QED) is 0.851. The second-order valence-electron chi connectivity index (χ2n) is 3.97. The molecule has 0 aliphatic rings. The fraction of sp³-hybridized carbons (Fsp3) is 0.143. The maximum Gasteiger partial charge on any atom is 0.123 e. The Hall–Kier alpha value is -1.71. The molecule has 4 N–H and O–H groups in total. The molecule has 2 aromatic rings. The lowest BCUT2D eigenvalue weighted by Gasteiger charge is -2.11. The Labute approximate surface area is 100 Å².